The number of benzene rings is 2. The number of rotatable bonds is 9. The molecule has 0 fully saturated rings. The van der Waals surface area contributed by atoms with Crippen LogP contribution in [0.3, 0.4) is 0 Å². The minimum Gasteiger partial charge on any atom is -0.484 e. The fraction of sp³-hybridized carbons (Fsp3) is 0.321. The third-order valence-corrected chi connectivity index (χ3v) is 5.93. The summed E-state index contributed by atoms with van der Waals surface area (Å²) in [5, 5.41) is 0. The highest BCUT2D eigenvalue weighted by Crippen LogP contribution is 2.27. The molecule has 3 rings (SSSR count). The Hall–Kier alpha value is -3.27. The number of Topliss-reactive ketones (excluding diaryl/α,β-unsaturated/α-hetero) is 1. The van der Waals surface area contributed by atoms with Crippen LogP contribution in [-0.2, 0) is 28.9 Å². The number of carbonyl (C=O) groups excluding carboxylic acids is 1. The Kier molecular flexibility index (Phi) is 7.93. The molecule has 0 saturated carbocycles. The van der Waals surface area contributed by atoms with Crippen LogP contribution >= 0.6 is 0 Å². The molecule has 2 aromatic carbocycles. The van der Waals surface area contributed by atoms with Crippen LogP contribution in [-0.4, -0.2) is 23.3 Å². The van der Waals surface area contributed by atoms with Crippen LogP contribution in [0.15, 0.2) is 78.2 Å². The summed E-state index contributed by atoms with van der Waals surface area (Å²) >= 11 is 0. The molecular weight excluding hydrogens is 396 g/mol. The fourth-order valence-electron chi connectivity index (χ4n) is 4.12. The highest BCUT2D eigenvalue weighted by Gasteiger charge is 2.26. The molecule has 0 atom stereocenters. The molecule has 1 aliphatic carbocycles. The predicted molar refractivity (Wildman–Crippen MR) is 132 cm³/mol. The van der Waals surface area contributed by atoms with E-state index < -0.39 is 0 Å². The Morgan fingerprint density at radius 1 is 1.09 bits per heavy atom. The number of nitrogens with zero attached hydrogens (tertiary/aromatic N) is 1. The number of ether oxygens (including phenoxy) is 1. The number of hydrogen-bond acceptors (Lipinski definition) is 4. The lowest BCUT2D eigenvalue weighted by Crippen LogP contribution is -2.26. The van der Waals surface area contributed by atoms with E-state index in [1.165, 1.54) is 11.1 Å². The lowest BCUT2D eigenvalue weighted by atomic mass is 10.1. The maximum Gasteiger partial charge on any atom is 0.196 e. The van der Waals surface area contributed by atoms with E-state index in [0.29, 0.717) is 12.3 Å². The van der Waals surface area contributed by atoms with E-state index in [9.17, 15) is 4.79 Å². The zero-order chi connectivity index (χ0) is 23.1. The quantitative estimate of drug-likeness (QED) is 0.329. The van der Waals surface area contributed by atoms with Crippen molar-refractivity contribution >= 4 is 11.5 Å². The topological polar surface area (TPSA) is 55.6 Å². The zero-order valence-electron chi connectivity index (χ0n) is 19.6. The van der Waals surface area contributed by atoms with Gasteiger partial charge in [0.15, 0.2) is 11.5 Å². The number of ketones is 1. The van der Waals surface area contributed by atoms with E-state index in [1.807, 2.05) is 44.2 Å². The van der Waals surface area contributed by atoms with E-state index in [0.717, 1.165) is 41.9 Å². The highest BCUT2D eigenvalue weighted by atomic mass is 16.5. The first kappa shape index (κ1) is 23.4. The van der Waals surface area contributed by atoms with E-state index in [2.05, 4.69) is 48.2 Å². The summed E-state index contributed by atoms with van der Waals surface area (Å²) in [7, 11) is 0. The summed E-state index contributed by atoms with van der Waals surface area (Å²) in [5.74, 6) is 0.439. The largest absolute Gasteiger partial charge is 0.484 e. The van der Waals surface area contributed by atoms with Crippen molar-refractivity contribution < 1.29 is 9.53 Å². The first-order chi connectivity index (χ1) is 15.4. The third kappa shape index (κ3) is 5.70. The second-order valence-electron chi connectivity index (χ2n) is 8.25. The fourth-order valence-corrected chi connectivity index (χ4v) is 4.12. The van der Waals surface area contributed by atoms with Crippen molar-refractivity contribution in [3.8, 4) is 0 Å². The van der Waals surface area contributed by atoms with Crippen molar-refractivity contribution in [1.29, 1.82) is 0 Å². The Bertz CT molecular complexity index is 1010. The highest BCUT2D eigenvalue weighted by molar-refractivity contribution is 5.91. The van der Waals surface area contributed by atoms with Gasteiger partial charge in [-0.1, -0.05) is 60.7 Å². The molecule has 0 aliphatic heterocycles. The second-order valence-corrected chi connectivity index (χ2v) is 8.25. The molecule has 0 bridgehead atoms. The minimum absolute atomic E-state index is 0.00572. The standard InChI is InChI=1S/C28H34N2O2/c1-5-7-12-27(29)23-15-13-22(14-16-23)19-30(6-2)20(3)28(21(4)31)32-26-17-24-10-8-9-11-25(24)18-26/h5,7-16,26H,6,17-19,29H2,1-4H3/b7-5-,27-12-,28-20-. The molecule has 0 aromatic heterocycles. The second kappa shape index (κ2) is 10.9. The summed E-state index contributed by atoms with van der Waals surface area (Å²) in [5.41, 5.74) is 12.5. The first-order valence-electron chi connectivity index (χ1n) is 11.3. The Balaban J connectivity index is 1.74. The van der Waals surface area contributed by atoms with E-state index in [-0.39, 0.29) is 11.9 Å². The van der Waals surface area contributed by atoms with E-state index in [4.69, 9.17) is 10.5 Å². The van der Waals surface area contributed by atoms with Crippen molar-refractivity contribution in [3.63, 3.8) is 0 Å². The van der Waals surface area contributed by atoms with Gasteiger partial charge in [0.25, 0.3) is 0 Å². The summed E-state index contributed by atoms with van der Waals surface area (Å²) in [4.78, 5) is 14.7. The molecule has 32 heavy (non-hydrogen) atoms. The van der Waals surface area contributed by atoms with E-state index >= 15 is 0 Å². The van der Waals surface area contributed by atoms with Crippen molar-refractivity contribution in [3.05, 3.63) is 100 Å². The average molecular weight is 431 g/mol. The molecule has 0 spiro atoms. The SMILES string of the molecule is C/C=C\C=C(/N)c1ccc(CN(CC)/C(C)=C(\OC2Cc3ccccc3C2)C(C)=O)cc1. The monoisotopic (exact) mass is 430 g/mol. The molecule has 4 nitrogen and oxygen atoms in total. The number of allylic oxidation sites excluding steroid dienone is 5. The van der Waals surface area contributed by atoms with Crippen LogP contribution in [0.4, 0.5) is 0 Å². The molecular formula is C28H34N2O2. The molecule has 0 radical (unpaired) electrons. The molecule has 4 heteroatoms. The maximum absolute atomic E-state index is 12.5. The summed E-state index contributed by atoms with van der Waals surface area (Å²) in [6.07, 6.45) is 7.48. The zero-order valence-corrected chi connectivity index (χ0v) is 19.6. The molecule has 2 aromatic rings. The Labute approximate surface area is 192 Å². The molecule has 0 saturated heterocycles. The van der Waals surface area contributed by atoms with Crippen molar-refractivity contribution in [2.45, 2.75) is 53.2 Å². The van der Waals surface area contributed by atoms with Gasteiger partial charge < -0.3 is 15.4 Å². The number of hydrogen-bond donors (Lipinski definition) is 1. The van der Waals surface area contributed by atoms with Gasteiger partial charge in [-0.25, -0.2) is 0 Å². The smallest absolute Gasteiger partial charge is 0.196 e. The van der Waals surface area contributed by atoms with Crippen LogP contribution in [0.1, 0.15) is 49.9 Å². The molecule has 2 N–H and O–H groups in total. The van der Waals surface area contributed by atoms with Crippen LogP contribution < -0.4 is 5.73 Å². The summed E-state index contributed by atoms with van der Waals surface area (Å²) in [6.45, 7) is 9.11. The number of carbonyl (C=O) groups is 1. The number of fused-ring (bicyclic) bond motifs is 1. The Morgan fingerprint density at radius 3 is 2.25 bits per heavy atom. The van der Waals surface area contributed by atoms with Gasteiger partial charge >= 0.3 is 0 Å². The van der Waals surface area contributed by atoms with Gasteiger partial charge in [-0.15, -0.1) is 0 Å². The molecule has 0 amide bonds. The van der Waals surface area contributed by atoms with Crippen LogP contribution in [0.2, 0.25) is 0 Å². The average Bonchev–Trinajstić information content (AvgIpc) is 3.22. The lowest BCUT2D eigenvalue weighted by molar-refractivity contribution is -0.118. The summed E-state index contributed by atoms with van der Waals surface area (Å²) in [6, 6.07) is 16.7. The number of nitrogens with two attached hydrogens (primary N) is 1. The van der Waals surface area contributed by atoms with E-state index in [1.54, 1.807) is 6.92 Å². The molecule has 0 heterocycles. The first-order valence-corrected chi connectivity index (χ1v) is 11.3. The van der Waals surface area contributed by atoms with Gasteiger partial charge in [-0.2, -0.15) is 0 Å². The normalized spacial score (nSPS) is 14.9. The molecule has 168 valence electrons. The van der Waals surface area contributed by atoms with Gasteiger partial charge in [-0.05, 0) is 49.1 Å². The van der Waals surface area contributed by atoms with Gasteiger partial charge in [0.2, 0.25) is 0 Å². The van der Waals surface area contributed by atoms with Crippen LogP contribution in [0.5, 0.6) is 0 Å². The van der Waals surface area contributed by atoms with Gasteiger partial charge in [0, 0.05) is 38.6 Å². The van der Waals surface area contributed by atoms with Gasteiger partial charge in [0.05, 0.1) is 5.70 Å². The lowest BCUT2D eigenvalue weighted by Gasteiger charge is -2.27. The molecule has 1 aliphatic rings. The predicted octanol–water partition coefficient (Wildman–Crippen LogP) is 5.39. The van der Waals surface area contributed by atoms with Crippen LogP contribution in [0, 0.1) is 0 Å². The van der Waals surface area contributed by atoms with Crippen molar-refractivity contribution in [1.82, 2.24) is 4.90 Å². The third-order valence-electron chi connectivity index (χ3n) is 5.93. The van der Waals surface area contributed by atoms with Crippen LogP contribution in [0.25, 0.3) is 5.70 Å². The molecule has 0 unspecified atom stereocenters. The maximum atomic E-state index is 12.5. The van der Waals surface area contributed by atoms with Crippen molar-refractivity contribution in [2.24, 2.45) is 5.73 Å². The van der Waals surface area contributed by atoms with Crippen molar-refractivity contribution in [2.75, 3.05) is 6.54 Å². The van der Waals surface area contributed by atoms with Gasteiger partial charge in [0.1, 0.15) is 6.10 Å². The summed E-state index contributed by atoms with van der Waals surface area (Å²) < 4.78 is 6.28. The minimum atomic E-state index is -0.0332. The Morgan fingerprint density at radius 2 is 1.72 bits per heavy atom. The van der Waals surface area contributed by atoms with Gasteiger partial charge in [-0.3, -0.25) is 4.79 Å².